The van der Waals surface area contributed by atoms with E-state index in [4.69, 9.17) is 16.7 Å². The lowest BCUT2D eigenvalue weighted by atomic mass is 10.2. The van der Waals surface area contributed by atoms with Gasteiger partial charge in [0.15, 0.2) is 0 Å². The van der Waals surface area contributed by atoms with Crippen molar-refractivity contribution in [1.29, 1.82) is 0 Å². The molecule has 0 bridgehead atoms. The van der Waals surface area contributed by atoms with Crippen molar-refractivity contribution in [3.8, 4) is 0 Å². The van der Waals surface area contributed by atoms with Crippen LogP contribution in [-0.4, -0.2) is 27.7 Å². The lowest BCUT2D eigenvalue weighted by Crippen LogP contribution is -2.17. The maximum atomic E-state index is 8.67. The van der Waals surface area contributed by atoms with E-state index in [1.54, 1.807) is 6.20 Å². The number of aromatic nitrogens is 2. The van der Waals surface area contributed by atoms with E-state index in [-0.39, 0.29) is 12.6 Å². The zero-order chi connectivity index (χ0) is 9.68. The van der Waals surface area contributed by atoms with Crippen LogP contribution in [0.5, 0.6) is 0 Å². The number of aliphatic hydroxyl groups is 1. The lowest BCUT2D eigenvalue weighted by molar-refractivity contribution is 0.282. The van der Waals surface area contributed by atoms with Gasteiger partial charge >= 0.3 is 0 Å². The molecule has 2 N–H and O–H groups in total. The van der Waals surface area contributed by atoms with Gasteiger partial charge in [-0.25, -0.2) is 4.98 Å². The van der Waals surface area contributed by atoms with Gasteiger partial charge in [0.2, 0.25) is 0 Å². The summed E-state index contributed by atoms with van der Waals surface area (Å²) in [6.45, 7) is 2.11. The number of hydrogen-bond donors (Lipinski definition) is 2. The van der Waals surface area contributed by atoms with Crippen LogP contribution in [0, 0.1) is 0 Å². The van der Waals surface area contributed by atoms with E-state index in [1.807, 2.05) is 6.92 Å². The van der Waals surface area contributed by atoms with E-state index in [1.165, 1.54) is 6.20 Å². The second-order valence-electron chi connectivity index (χ2n) is 2.78. The molecule has 0 aromatic carbocycles. The predicted molar refractivity (Wildman–Crippen MR) is 51.8 cm³/mol. The predicted octanol–water partition coefficient (Wildman–Crippen LogP) is 1.31. The summed E-state index contributed by atoms with van der Waals surface area (Å²) in [6.07, 6.45) is 3.75. The van der Waals surface area contributed by atoms with Crippen molar-refractivity contribution < 1.29 is 5.11 Å². The number of halogens is 1. The van der Waals surface area contributed by atoms with Crippen molar-refractivity contribution in [2.45, 2.75) is 19.4 Å². The fraction of sp³-hybridized carbons (Fsp3) is 0.500. The zero-order valence-corrected chi connectivity index (χ0v) is 8.12. The SMILES string of the molecule is CC(CCO)Nc1cncc(Cl)n1. The van der Waals surface area contributed by atoms with Crippen LogP contribution in [-0.2, 0) is 0 Å². The highest BCUT2D eigenvalue weighted by Gasteiger charge is 2.02. The number of hydrogen-bond acceptors (Lipinski definition) is 4. The quantitative estimate of drug-likeness (QED) is 0.772. The van der Waals surface area contributed by atoms with Crippen LogP contribution in [0.2, 0.25) is 5.15 Å². The van der Waals surface area contributed by atoms with E-state index < -0.39 is 0 Å². The van der Waals surface area contributed by atoms with E-state index >= 15 is 0 Å². The van der Waals surface area contributed by atoms with Gasteiger partial charge in [-0.15, -0.1) is 0 Å². The number of nitrogens with one attached hydrogen (secondary N) is 1. The van der Waals surface area contributed by atoms with Crippen LogP contribution in [0.25, 0.3) is 0 Å². The number of anilines is 1. The van der Waals surface area contributed by atoms with Gasteiger partial charge in [0, 0.05) is 12.6 Å². The highest BCUT2D eigenvalue weighted by molar-refractivity contribution is 6.29. The van der Waals surface area contributed by atoms with Crippen LogP contribution in [0.1, 0.15) is 13.3 Å². The first kappa shape index (κ1) is 10.2. The molecule has 4 nitrogen and oxygen atoms in total. The average molecular weight is 202 g/mol. The van der Waals surface area contributed by atoms with Gasteiger partial charge < -0.3 is 10.4 Å². The number of rotatable bonds is 4. The number of aliphatic hydroxyl groups excluding tert-OH is 1. The summed E-state index contributed by atoms with van der Waals surface area (Å²) in [5.41, 5.74) is 0. The third kappa shape index (κ3) is 3.57. The third-order valence-corrected chi connectivity index (χ3v) is 1.74. The molecule has 1 aromatic heterocycles. The second kappa shape index (κ2) is 4.99. The molecule has 0 radical (unpaired) electrons. The molecule has 13 heavy (non-hydrogen) atoms. The average Bonchev–Trinajstić information content (AvgIpc) is 2.04. The number of nitrogens with zero attached hydrogens (tertiary/aromatic N) is 2. The van der Waals surface area contributed by atoms with Gasteiger partial charge in [0.05, 0.1) is 12.4 Å². The van der Waals surface area contributed by atoms with E-state index in [2.05, 4.69) is 15.3 Å². The Hall–Kier alpha value is -0.870. The Morgan fingerprint density at radius 1 is 1.62 bits per heavy atom. The van der Waals surface area contributed by atoms with Crippen LogP contribution < -0.4 is 5.32 Å². The van der Waals surface area contributed by atoms with Crippen LogP contribution in [0.15, 0.2) is 12.4 Å². The Labute approximate surface area is 82.0 Å². The molecule has 0 spiro atoms. The molecule has 0 aliphatic heterocycles. The molecule has 0 aliphatic rings. The standard InChI is InChI=1S/C8H12ClN3O/c1-6(2-3-13)11-8-5-10-4-7(9)12-8/h4-6,13H,2-3H2,1H3,(H,11,12). The molecule has 72 valence electrons. The first-order valence-electron chi connectivity index (χ1n) is 4.07. The summed E-state index contributed by atoms with van der Waals surface area (Å²) in [4.78, 5) is 7.88. The van der Waals surface area contributed by atoms with Crippen molar-refractivity contribution in [1.82, 2.24) is 9.97 Å². The monoisotopic (exact) mass is 201 g/mol. The lowest BCUT2D eigenvalue weighted by Gasteiger charge is -2.12. The Bertz CT molecular complexity index is 269. The molecule has 0 amide bonds. The van der Waals surface area contributed by atoms with Crippen molar-refractivity contribution in [3.05, 3.63) is 17.5 Å². The van der Waals surface area contributed by atoms with Gasteiger partial charge in [0.1, 0.15) is 11.0 Å². The van der Waals surface area contributed by atoms with Crippen molar-refractivity contribution in [2.24, 2.45) is 0 Å². The zero-order valence-electron chi connectivity index (χ0n) is 7.37. The normalized spacial score (nSPS) is 12.5. The fourth-order valence-electron chi connectivity index (χ4n) is 0.930. The van der Waals surface area contributed by atoms with Crippen molar-refractivity contribution in [2.75, 3.05) is 11.9 Å². The smallest absolute Gasteiger partial charge is 0.149 e. The summed E-state index contributed by atoms with van der Waals surface area (Å²) in [6, 6.07) is 0.165. The molecular weight excluding hydrogens is 190 g/mol. The Morgan fingerprint density at radius 3 is 3.00 bits per heavy atom. The summed E-state index contributed by atoms with van der Waals surface area (Å²) in [5.74, 6) is 0.633. The Morgan fingerprint density at radius 2 is 2.38 bits per heavy atom. The molecule has 0 saturated carbocycles. The van der Waals surface area contributed by atoms with Crippen LogP contribution in [0.3, 0.4) is 0 Å². The maximum absolute atomic E-state index is 8.67. The molecule has 1 heterocycles. The molecule has 0 saturated heterocycles. The Kier molecular flexibility index (Phi) is 3.92. The van der Waals surface area contributed by atoms with E-state index in [0.29, 0.717) is 17.4 Å². The van der Waals surface area contributed by atoms with Gasteiger partial charge in [0.25, 0.3) is 0 Å². The second-order valence-corrected chi connectivity index (χ2v) is 3.17. The minimum atomic E-state index is 0.155. The molecule has 1 unspecified atom stereocenters. The van der Waals surface area contributed by atoms with Crippen molar-refractivity contribution in [3.63, 3.8) is 0 Å². The minimum absolute atomic E-state index is 0.155. The highest BCUT2D eigenvalue weighted by Crippen LogP contribution is 2.08. The van der Waals surface area contributed by atoms with E-state index in [9.17, 15) is 0 Å². The van der Waals surface area contributed by atoms with E-state index in [0.717, 1.165) is 0 Å². The molecule has 0 fully saturated rings. The summed E-state index contributed by atoms with van der Waals surface area (Å²) >= 11 is 5.64. The molecule has 5 heteroatoms. The first-order chi connectivity index (χ1) is 6.22. The Balaban J connectivity index is 2.53. The summed E-state index contributed by atoms with van der Waals surface area (Å²) in [5, 5.41) is 12.1. The van der Waals surface area contributed by atoms with Gasteiger partial charge in [-0.05, 0) is 13.3 Å². The molecular formula is C8H12ClN3O. The first-order valence-corrected chi connectivity index (χ1v) is 4.45. The molecule has 1 aromatic rings. The topological polar surface area (TPSA) is 58.0 Å². The summed E-state index contributed by atoms with van der Waals surface area (Å²) in [7, 11) is 0. The summed E-state index contributed by atoms with van der Waals surface area (Å²) < 4.78 is 0. The largest absolute Gasteiger partial charge is 0.396 e. The highest BCUT2D eigenvalue weighted by atomic mass is 35.5. The van der Waals surface area contributed by atoms with Gasteiger partial charge in [-0.1, -0.05) is 11.6 Å². The molecule has 1 rings (SSSR count). The van der Waals surface area contributed by atoms with Crippen molar-refractivity contribution >= 4 is 17.4 Å². The maximum Gasteiger partial charge on any atom is 0.149 e. The van der Waals surface area contributed by atoms with Crippen LogP contribution in [0.4, 0.5) is 5.82 Å². The molecule has 0 aliphatic carbocycles. The fourth-order valence-corrected chi connectivity index (χ4v) is 1.08. The van der Waals surface area contributed by atoms with Crippen LogP contribution >= 0.6 is 11.6 Å². The minimum Gasteiger partial charge on any atom is -0.396 e. The van der Waals surface area contributed by atoms with Gasteiger partial charge in [-0.2, -0.15) is 0 Å². The third-order valence-electron chi connectivity index (χ3n) is 1.56. The molecule has 1 atom stereocenters. The van der Waals surface area contributed by atoms with Gasteiger partial charge in [-0.3, -0.25) is 4.98 Å².